The zero-order chi connectivity index (χ0) is 10.4. The molecule has 0 saturated carbocycles. The number of hydrogen-bond acceptors (Lipinski definition) is 3. The van der Waals surface area contributed by atoms with Crippen LogP contribution in [0, 0.1) is 11.3 Å². The van der Waals surface area contributed by atoms with Crippen LogP contribution in [0.25, 0.3) is 0 Å². The lowest BCUT2D eigenvalue weighted by Gasteiger charge is -2.10. The van der Waals surface area contributed by atoms with E-state index in [0.717, 1.165) is 12.2 Å². The summed E-state index contributed by atoms with van der Waals surface area (Å²) < 4.78 is 5.24. The highest BCUT2D eigenvalue weighted by molar-refractivity contribution is 5.18. The molecule has 0 bridgehead atoms. The first kappa shape index (κ1) is 10.8. The number of nitrogens with one attached hydrogen (secondary N) is 1. The second-order valence-corrected chi connectivity index (χ2v) is 3.45. The largest absolute Gasteiger partial charge is 0.449 e. The maximum Gasteiger partial charge on any atom is 0.203 e. The van der Waals surface area contributed by atoms with Gasteiger partial charge in [-0.2, -0.15) is 5.26 Å². The van der Waals surface area contributed by atoms with Crippen molar-refractivity contribution in [3.63, 3.8) is 0 Å². The third-order valence-corrected chi connectivity index (χ3v) is 2.12. The van der Waals surface area contributed by atoms with Crippen molar-refractivity contribution in [3.05, 3.63) is 23.7 Å². The van der Waals surface area contributed by atoms with Crippen LogP contribution in [-0.2, 0) is 6.54 Å². The third-order valence-electron chi connectivity index (χ3n) is 2.12. The Balaban J connectivity index is 2.35. The third kappa shape index (κ3) is 3.23. The predicted molar refractivity (Wildman–Crippen MR) is 54.6 cm³/mol. The Kier molecular flexibility index (Phi) is 4.21. The van der Waals surface area contributed by atoms with Gasteiger partial charge in [0.15, 0.2) is 0 Å². The zero-order valence-electron chi connectivity index (χ0n) is 8.71. The van der Waals surface area contributed by atoms with E-state index in [1.807, 2.05) is 12.1 Å². The standard InChI is InChI=1S/C11H16N2O/c1-3-4-9(2)13-8-11-6-5-10(7-12)14-11/h5-6,9,13H,3-4,8H2,1-2H3. The molecule has 0 aliphatic heterocycles. The van der Waals surface area contributed by atoms with Gasteiger partial charge >= 0.3 is 0 Å². The van der Waals surface area contributed by atoms with Crippen LogP contribution >= 0.6 is 0 Å². The first-order valence-electron chi connectivity index (χ1n) is 4.98. The molecule has 1 unspecified atom stereocenters. The molecule has 1 heterocycles. The predicted octanol–water partition coefficient (Wildman–Crippen LogP) is 2.43. The SMILES string of the molecule is CCCC(C)NCc1ccc(C#N)o1. The van der Waals surface area contributed by atoms with Crippen LogP contribution in [0.4, 0.5) is 0 Å². The van der Waals surface area contributed by atoms with Crippen LogP contribution in [-0.4, -0.2) is 6.04 Å². The second-order valence-electron chi connectivity index (χ2n) is 3.45. The van der Waals surface area contributed by atoms with Crippen LogP contribution in [0.2, 0.25) is 0 Å². The summed E-state index contributed by atoms with van der Waals surface area (Å²) in [5.74, 6) is 1.20. The molecule has 1 rings (SSSR count). The molecule has 0 aliphatic rings. The van der Waals surface area contributed by atoms with Crippen molar-refractivity contribution in [1.29, 1.82) is 5.26 Å². The van der Waals surface area contributed by atoms with Gasteiger partial charge in [0.05, 0.1) is 6.54 Å². The Bertz CT molecular complexity index is 311. The fourth-order valence-electron chi connectivity index (χ4n) is 1.34. The lowest BCUT2D eigenvalue weighted by atomic mass is 10.2. The van der Waals surface area contributed by atoms with E-state index in [1.165, 1.54) is 6.42 Å². The van der Waals surface area contributed by atoms with Gasteiger partial charge in [0.2, 0.25) is 5.76 Å². The summed E-state index contributed by atoms with van der Waals surface area (Å²) in [6.07, 6.45) is 2.33. The Morgan fingerprint density at radius 3 is 2.93 bits per heavy atom. The van der Waals surface area contributed by atoms with Gasteiger partial charge in [-0.3, -0.25) is 0 Å². The first-order valence-corrected chi connectivity index (χ1v) is 4.98. The smallest absolute Gasteiger partial charge is 0.203 e. The summed E-state index contributed by atoms with van der Waals surface area (Å²) in [5, 5.41) is 11.9. The molecular weight excluding hydrogens is 176 g/mol. The average molecular weight is 192 g/mol. The van der Waals surface area contributed by atoms with Gasteiger partial charge in [0.1, 0.15) is 11.8 Å². The topological polar surface area (TPSA) is 49.0 Å². The van der Waals surface area contributed by atoms with Crippen LogP contribution < -0.4 is 5.32 Å². The molecule has 0 amide bonds. The number of nitrogens with zero attached hydrogens (tertiary/aromatic N) is 1. The summed E-state index contributed by atoms with van der Waals surface area (Å²) in [7, 11) is 0. The summed E-state index contributed by atoms with van der Waals surface area (Å²) in [4.78, 5) is 0. The number of nitriles is 1. The average Bonchev–Trinajstić information content (AvgIpc) is 2.63. The minimum Gasteiger partial charge on any atom is -0.449 e. The first-order chi connectivity index (χ1) is 6.76. The molecule has 1 aromatic rings. The van der Waals surface area contributed by atoms with Crippen molar-refractivity contribution in [3.8, 4) is 6.07 Å². The van der Waals surface area contributed by atoms with Crippen molar-refractivity contribution >= 4 is 0 Å². The molecule has 1 N–H and O–H groups in total. The molecule has 0 spiro atoms. The minimum atomic E-state index is 0.380. The second kappa shape index (κ2) is 5.46. The molecule has 0 radical (unpaired) electrons. The molecule has 0 fully saturated rings. The normalized spacial score (nSPS) is 12.4. The van der Waals surface area contributed by atoms with E-state index < -0.39 is 0 Å². The van der Waals surface area contributed by atoms with Gasteiger partial charge in [-0.25, -0.2) is 0 Å². The Morgan fingerprint density at radius 1 is 1.57 bits per heavy atom. The monoisotopic (exact) mass is 192 g/mol. The van der Waals surface area contributed by atoms with E-state index in [-0.39, 0.29) is 0 Å². The van der Waals surface area contributed by atoms with Gasteiger partial charge in [0.25, 0.3) is 0 Å². The number of rotatable bonds is 5. The lowest BCUT2D eigenvalue weighted by Crippen LogP contribution is -2.24. The van der Waals surface area contributed by atoms with Crippen molar-refractivity contribution in [2.24, 2.45) is 0 Å². The van der Waals surface area contributed by atoms with Crippen molar-refractivity contribution in [2.75, 3.05) is 0 Å². The van der Waals surface area contributed by atoms with E-state index in [4.69, 9.17) is 9.68 Å². The summed E-state index contributed by atoms with van der Waals surface area (Å²) in [6, 6.07) is 6.00. The minimum absolute atomic E-state index is 0.380. The molecular formula is C11H16N2O. The van der Waals surface area contributed by atoms with Gasteiger partial charge in [-0.1, -0.05) is 13.3 Å². The molecule has 3 heteroatoms. The lowest BCUT2D eigenvalue weighted by molar-refractivity contribution is 0.437. The van der Waals surface area contributed by atoms with E-state index in [2.05, 4.69) is 19.2 Å². The van der Waals surface area contributed by atoms with E-state index in [1.54, 1.807) is 6.07 Å². The summed E-state index contributed by atoms with van der Waals surface area (Å²) in [5.41, 5.74) is 0. The maximum atomic E-state index is 8.55. The maximum absolute atomic E-state index is 8.55. The van der Waals surface area contributed by atoms with Gasteiger partial charge in [-0.05, 0) is 25.5 Å². The van der Waals surface area contributed by atoms with Gasteiger partial charge in [0, 0.05) is 6.04 Å². The molecule has 0 aliphatic carbocycles. The van der Waals surface area contributed by atoms with E-state index in [9.17, 15) is 0 Å². The fraction of sp³-hybridized carbons (Fsp3) is 0.545. The zero-order valence-corrected chi connectivity index (χ0v) is 8.71. The Hall–Kier alpha value is -1.27. The number of hydrogen-bond donors (Lipinski definition) is 1. The highest BCUT2D eigenvalue weighted by atomic mass is 16.3. The van der Waals surface area contributed by atoms with E-state index in [0.29, 0.717) is 18.3 Å². The highest BCUT2D eigenvalue weighted by Gasteiger charge is 2.03. The summed E-state index contributed by atoms with van der Waals surface area (Å²) >= 11 is 0. The molecule has 0 aromatic carbocycles. The molecule has 3 nitrogen and oxygen atoms in total. The van der Waals surface area contributed by atoms with Crippen LogP contribution in [0.15, 0.2) is 16.5 Å². The molecule has 0 saturated heterocycles. The van der Waals surface area contributed by atoms with Gasteiger partial charge in [-0.15, -0.1) is 0 Å². The number of furan rings is 1. The van der Waals surface area contributed by atoms with Crippen LogP contribution in [0.1, 0.15) is 38.2 Å². The fourth-order valence-corrected chi connectivity index (χ4v) is 1.34. The van der Waals surface area contributed by atoms with Crippen LogP contribution in [0.5, 0.6) is 0 Å². The van der Waals surface area contributed by atoms with Crippen molar-refractivity contribution in [1.82, 2.24) is 5.32 Å². The highest BCUT2D eigenvalue weighted by Crippen LogP contribution is 2.06. The van der Waals surface area contributed by atoms with E-state index >= 15 is 0 Å². The molecule has 76 valence electrons. The molecule has 1 aromatic heterocycles. The molecule has 14 heavy (non-hydrogen) atoms. The Labute approximate surface area is 84.7 Å². The quantitative estimate of drug-likeness (QED) is 0.779. The Morgan fingerprint density at radius 2 is 2.36 bits per heavy atom. The van der Waals surface area contributed by atoms with Crippen molar-refractivity contribution in [2.45, 2.75) is 39.3 Å². The van der Waals surface area contributed by atoms with Gasteiger partial charge < -0.3 is 9.73 Å². The summed E-state index contributed by atoms with van der Waals surface area (Å²) in [6.45, 7) is 5.01. The van der Waals surface area contributed by atoms with Crippen LogP contribution in [0.3, 0.4) is 0 Å². The molecule has 1 atom stereocenters. The van der Waals surface area contributed by atoms with Crippen molar-refractivity contribution < 1.29 is 4.42 Å².